The molecule has 1 heterocycles. The van der Waals surface area contributed by atoms with Crippen molar-refractivity contribution < 1.29 is 24.2 Å². The second kappa shape index (κ2) is 9.05. The molecule has 1 aromatic carbocycles. The summed E-state index contributed by atoms with van der Waals surface area (Å²) < 4.78 is 5.20. The molecule has 1 aromatic heterocycles. The number of hydrogen-bond donors (Lipinski definition) is 1. The van der Waals surface area contributed by atoms with Crippen LogP contribution in [0.25, 0.3) is 11.1 Å². The molecule has 1 N–H and O–H groups in total. The van der Waals surface area contributed by atoms with E-state index in [2.05, 4.69) is 5.32 Å². The third kappa shape index (κ3) is 4.56. The standard InChI is InChI=1S/C22H23NO5S/c1-3-28-22(27)18-17(14-10-8-13(2)9-11-14)12-29-20(18)23-19(24)15-6-4-5-7-16(15)21(25)26/h4-5,8-12,15-16H,3,6-7H2,1-2H3,(H,23,24)(H,25,26)/p-1/t15-,16+/m1/s1. The number of carbonyl (C=O) groups excluding carboxylic acids is 3. The summed E-state index contributed by atoms with van der Waals surface area (Å²) in [6.45, 7) is 3.89. The Labute approximate surface area is 173 Å². The Morgan fingerprint density at radius 3 is 2.41 bits per heavy atom. The van der Waals surface area contributed by atoms with Crippen molar-refractivity contribution in [2.45, 2.75) is 26.7 Å². The number of amides is 1. The summed E-state index contributed by atoms with van der Waals surface area (Å²) in [7, 11) is 0. The summed E-state index contributed by atoms with van der Waals surface area (Å²) in [5.41, 5.74) is 2.88. The summed E-state index contributed by atoms with van der Waals surface area (Å²) in [5, 5.41) is 16.3. The van der Waals surface area contributed by atoms with Gasteiger partial charge in [0.25, 0.3) is 0 Å². The van der Waals surface area contributed by atoms with Crippen LogP contribution in [0.5, 0.6) is 0 Å². The fourth-order valence-corrected chi connectivity index (χ4v) is 4.33. The molecule has 0 fully saturated rings. The number of anilines is 1. The van der Waals surface area contributed by atoms with E-state index in [1.54, 1.807) is 24.5 Å². The lowest BCUT2D eigenvalue weighted by Crippen LogP contribution is -2.41. The zero-order chi connectivity index (χ0) is 21.0. The van der Waals surface area contributed by atoms with Gasteiger partial charge in [-0.25, -0.2) is 4.79 Å². The fraction of sp³-hybridized carbons (Fsp3) is 0.318. The Hall–Kier alpha value is -2.93. The molecule has 152 valence electrons. The molecule has 3 rings (SSSR count). The van der Waals surface area contributed by atoms with Gasteiger partial charge in [0, 0.05) is 22.8 Å². The van der Waals surface area contributed by atoms with E-state index >= 15 is 0 Å². The number of aryl methyl sites for hydroxylation is 1. The van der Waals surface area contributed by atoms with Crippen LogP contribution in [0.4, 0.5) is 5.00 Å². The topological polar surface area (TPSA) is 95.5 Å². The van der Waals surface area contributed by atoms with Crippen molar-refractivity contribution in [3.05, 3.63) is 52.9 Å². The van der Waals surface area contributed by atoms with Crippen LogP contribution < -0.4 is 10.4 Å². The molecular formula is C22H22NO5S-. The van der Waals surface area contributed by atoms with E-state index in [-0.39, 0.29) is 18.6 Å². The van der Waals surface area contributed by atoms with E-state index in [4.69, 9.17) is 4.74 Å². The van der Waals surface area contributed by atoms with E-state index in [0.717, 1.165) is 11.1 Å². The van der Waals surface area contributed by atoms with Gasteiger partial charge >= 0.3 is 5.97 Å². The molecule has 2 atom stereocenters. The number of hydrogen-bond acceptors (Lipinski definition) is 6. The van der Waals surface area contributed by atoms with Crippen molar-refractivity contribution in [2.75, 3.05) is 11.9 Å². The average molecular weight is 412 g/mol. The van der Waals surface area contributed by atoms with Gasteiger partial charge in [-0.15, -0.1) is 11.3 Å². The van der Waals surface area contributed by atoms with Gasteiger partial charge in [0.2, 0.25) is 5.91 Å². The highest BCUT2D eigenvalue weighted by Gasteiger charge is 2.31. The number of aliphatic carboxylic acids is 1. The second-order valence-electron chi connectivity index (χ2n) is 6.90. The Morgan fingerprint density at radius 2 is 1.79 bits per heavy atom. The van der Waals surface area contributed by atoms with Crippen molar-refractivity contribution in [2.24, 2.45) is 11.8 Å². The number of rotatable bonds is 6. The minimum Gasteiger partial charge on any atom is -0.550 e. The normalized spacial score (nSPS) is 18.3. The number of ether oxygens (including phenoxy) is 1. The monoisotopic (exact) mass is 412 g/mol. The first-order chi connectivity index (χ1) is 13.9. The fourth-order valence-electron chi connectivity index (χ4n) is 3.37. The van der Waals surface area contributed by atoms with Crippen molar-refractivity contribution >= 4 is 34.2 Å². The van der Waals surface area contributed by atoms with Crippen molar-refractivity contribution in [1.82, 2.24) is 0 Å². The Balaban J connectivity index is 1.93. The van der Waals surface area contributed by atoms with Crippen molar-refractivity contribution in [3.8, 4) is 11.1 Å². The molecular weight excluding hydrogens is 390 g/mol. The summed E-state index contributed by atoms with van der Waals surface area (Å²) in [5.74, 6) is -3.84. The molecule has 1 aliphatic carbocycles. The zero-order valence-electron chi connectivity index (χ0n) is 16.3. The molecule has 1 amide bonds. The van der Waals surface area contributed by atoms with Crippen LogP contribution in [-0.4, -0.2) is 24.5 Å². The summed E-state index contributed by atoms with van der Waals surface area (Å²) in [6, 6.07) is 7.70. The summed E-state index contributed by atoms with van der Waals surface area (Å²) in [4.78, 5) is 36.9. The van der Waals surface area contributed by atoms with E-state index in [0.29, 0.717) is 17.0 Å². The van der Waals surface area contributed by atoms with Gasteiger partial charge in [0.1, 0.15) is 10.6 Å². The third-order valence-corrected chi connectivity index (χ3v) is 5.84. The Bertz CT molecular complexity index is 945. The molecule has 29 heavy (non-hydrogen) atoms. The van der Waals surface area contributed by atoms with Crippen LogP contribution in [0.3, 0.4) is 0 Å². The number of allylic oxidation sites excluding steroid dienone is 2. The van der Waals surface area contributed by atoms with Crippen LogP contribution in [0, 0.1) is 18.8 Å². The van der Waals surface area contributed by atoms with Gasteiger partial charge in [-0.2, -0.15) is 0 Å². The molecule has 7 heteroatoms. The number of carboxylic acid groups (broad SMARTS) is 1. The quantitative estimate of drug-likeness (QED) is 0.581. The van der Waals surface area contributed by atoms with Crippen molar-refractivity contribution in [1.29, 1.82) is 0 Å². The lowest BCUT2D eigenvalue weighted by atomic mass is 9.82. The second-order valence-corrected chi connectivity index (χ2v) is 7.78. The number of thiophene rings is 1. The molecule has 0 aliphatic heterocycles. The van der Waals surface area contributed by atoms with Crippen LogP contribution >= 0.6 is 11.3 Å². The maximum Gasteiger partial charge on any atom is 0.341 e. The van der Waals surface area contributed by atoms with Gasteiger partial charge in [-0.1, -0.05) is 42.0 Å². The summed E-state index contributed by atoms with van der Waals surface area (Å²) in [6.07, 6.45) is 4.11. The number of carbonyl (C=O) groups is 3. The Morgan fingerprint density at radius 1 is 1.14 bits per heavy atom. The van der Waals surface area contributed by atoms with Gasteiger partial charge < -0.3 is 20.0 Å². The summed E-state index contributed by atoms with van der Waals surface area (Å²) >= 11 is 1.22. The molecule has 1 aliphatic rings. The minimum absolute atomic E-state index is 0.204. The van der Waals surface area contributed by atoms with Gasteiger partial charge in [0.15, 0.2) is 0 Å². The molecule has 0 radical (unpaired) electrons. The number of esters is 1. The number of nitrogens with one attached hydrogen (secondary N) is 1. The predicted molar refractivity (Wildman–Crippen MR) is 109 cm³/mol. The highest BCUT2D eigenvalue weighted by atomic mass is 32.1. The first-order valence-corrected chi connectivity index (χ1v) is 10.3. The van der Waals surface area contributed by atoms with Crippen LogP contribution in [0.15, 0.2) is 41.8 Å². The van der Waals surface area contributed by atoms with Crippen LogP contribution in [0.1, 0.15) is 35.7 Å². The van der Waals surface area contributed by atoms with Crippen molar-refractivity contribution in [3.63, 3.8) is 0 Å². The molecule has 0 spiro atoms. The average Bonchev–Trinajstić information content (AvgIpc) is 3.12. The molecule has 2 aromatic rings. The molecule has 6 nitrogen and oxygen atoms in total. The molecule has 0 unspecified atom stereocenters. The SMILES string of the molecule is CCOC(=O)c1c(-c2ccc(C)cc2)csc1NC(=O)[C@@H]1CC=CC[C@@H]1C(=O)[O-]. The maximum atomic E-state index is 12.8. The van der Waals surface area contributed by atoms with Crippen LogP contribution in [-0.2, 0) is 14.3 Å². The highest BCUT2D eigenvalue weighted by Crippen LogP contribution is 2.37. The molecule has 0 bridgehead atoms. The highest BCUT2D eigenvalue weighted by molar-refractivity contribution is 7.15. The zero-order valence-corrected chi connectivity index (χ0v) is 17.1. The van der Waals surface area contributed by atoms with Crippen LogP contribution in [0.2, 0.25) is 0 Å². The first-order valence-electron chi connectivity index (χ1n) is 9.44. The van der Waals surface area contributed by atoms with E-state index in [9.17, 15) is 19.5 Å². The molecule has 0 saturated carbocycles. The predicted octanol–water partition coefficient (Wildman–Crippen LogP) is 3.17. The minimum atomic E-state index is -1.24. The lowest BCUT2D eigenvalue weighted by molar-refractivity contribution is -0.313. The largest absolute Gasteiger partial charge is 0.550 e. The first kappa shape index (κ1) is 20.8. The van der Waals surface area contributed by atoms with Gasteiger partial charge in [0.05, 0.1) is 12.5 Å². The van der Waals surface area contributed by atoms with Gasteiger partial charge in [-0.05, 0) is 32.3 Å². The maximum absolute atomic E-state index is 12.8. The number of benzene rings is 1. The molecule has 0 saturated heterocycles. The Kier molecular flexibility index (Phi) is 6.49. The van der Waals surface area contributed by atoms with E-state index in [1.807, 2.05) is 31.2 Å². The lowest BCUT2D eigenvalue weighted by Gasteiger charge is -2.28. The van der Waals surface area contributed by atoms with Gasteiger partial charge in [-0.3, -0.25) is 4.79 Å². The number of carboxylic acids is 1. The smallest absolute Gasteiger partial charge is 0.341 e. The van der Waals surface area contributed by atoms with E-state index < -0.39 is 29.7 Å². The van der Waals surface area contributed by atoms with E-state index in [1.165, 1.54) is 11.3 Å². The third-order valence-electron chi connectivity index (χ3n) is 4.94.